The molecule has 18 heavy (non-hydrogen) atoms. The largest absolute Gasteiger partial charge is 0.491 e. The van der Waals surface area contributed by atoms with E-state index in [0.717, 1.165) is 31.4 Å². The van der Waals surface area contributed by atoms with Crippen molar-refractivity contribution in [3.63, 3.8) is 0 Å². The first-order chi connectivity index (χ1) is 8.88. The maximum Gasteiger partial charge on any atom is 0.124 e. The number of ether oxygens (including phenoxy) is 1. The number of likely N-dealkylation sites (tertiary alicyclic amines) is 1. The molecule has 3 rings (SSSR count). The molecule has 0 aliphatic carbocycles. The normalized spacial score (nSPS) is 27.2. The Morgan fingerprint density at radius 2 is 2.28 bits per heavy atom. The molecule has 0 aromatic heterocycles. The van der Waals surface area contributed by atoms with Crippen molar-refractivity contribution in [3.05, 3.63) is 29.8 Å². The Hall–Kier alpha value is -1.06. The maximum atomic E-state index is 5.78. The molecule has 2 aliphatic rings. The lowest BCUT2D eigenvalue weighted by Gasteiger charge is -2.23. The molecule has 2 unspecified atom stereocenters. The third-order valence-corrected chi connectivity index (χ3v) is 4.12. The van der Waals surface area contributed by atoms with Crippen LogP contribution >= 0.6 is 0 Å². The van der Waals surface area contributed by atoms with Gasteiger partial charge >= 0.3 is 0 Å². The van der Waals surface area contributed by atoms with Crippen molar-refractivity contribution in [2.75, 3.05) is 32.8 Å². The molecule has 1 aromatic rings. The Morgan fingerprint density at radius 1 is 1.39 bits per heavy atom. The van der Waals surface area contributed by atoms with Crippen LogP contribution < -0.4 is 10.1 Å². The molecule has 0 amide bonds. The van der Waals surface area contributed by atoms with Gasteiger partial charge in [-0.2, -0.15) is 0 Å². The number of rotatable bonds is 4. The number of nitrogens with one attached hydrogen (secondary N) is 1. The van der Waals surface area contributed by atoms with Gasteiger partial charge in [0.1, 0.15) is 12.4 Å². The lowest BCUT2D eigenvalue weighted by Crippen LogP contribution is -2.30. The summed E-state index contributed by atoms with van der Waals surface area (Å²) in [7, 11) is 0. The summed E-state index contributed by atoms with van der Waals surface area (Å²) in [5.41, 5.74) is 1.38. The van der Waals surface area contributed by atoms with E-state index >= 15 is 0 Å². The van der Waals surface area contributed by atoms with Gasteiger partial charge in [0.05, 0.1) is 6.04 Å². The molecular formula is C15H22N2O. The molecule has 0 spiro atoms. The first-order valence-corrected chi connectivity index (χ1v) is 7.05. The third kappa shape index (κ3) is 2.25. The molecule has 2 heterocycles. The zero-order chi connectivity index (χ0) is 12.4. The molecule has 1 fully saturated rings. The van der Waals surface area contributed by atoms with Crippen LogP contribution in [-0.4, -0.2) is 37.7 Å². The van der Waals surface area contributed by atoms with Gasteiger partial charge in [0, 0.05) is 12.1 Å². The highest BCUT2D eigenvalue weighted by molar-refractivity contribution is 5.39. The minimum absolute atomic E-state index is 0.479. The molecule has 98 valence electrons. The summed E-state index contributed by atoms with van der Waals surface area (Å²) >= 11 is 0. The van der Waals surface area contributed by atoms with Gasteiger partial charge in [-0.25, -0.2) is 0 Å². The van der Waals surface area contributed by atoms with Crippen molar-refractivity contribution in [1.82, 2.24) is 10.2 Å². The van der Waals surface area contributed by atoms with Gasteiger partial charge in [-0.05, 0) is 38.0 Å². The maximum absolute atomic E-state index is 5.78. The Morgan fingerprint density at radius 3 is 3.17 bits per heavy atom. The van der Waals surface area contributed by atoms with Gasteiger partial charge in [-0.1, -0.05) is 25.1 Å². The number of para-hydroxylation sites is 1. The van der Waals surface area contributed by atoms with Gasteiger partial charge in [0.2, 0.25) is 0 Å². The van der Waals surface area contributed by atoms with Crippen molar-refractivity contribution in [2.24, 2.45) is 5.92 Å². The second-order valence-electron chi connectivity index (χ2n) is 5.32. The highest BCUT2D eigenvalue weighted by Crippen LogP contribution is 2.37. The minimum atomic E-state index is 0.479. The monoisotopic (exact) mass is 246 g/mol. The summed E-state index contributed by atoms with van der Waals surface area (Å²) in [5, 5.41) is 3.46. The van der Waals surface area contributed by atoms with Gasteiger partial charge in [0.15, 0.2) is 0 Å². The van der Waals surface area contributed by atoms with Gasteiger partial charge in [0.25, 0.3) is 0 Å². The number of hydrogen-bond acceptors (Lipinski definition) is 3. The second kappa shape index (κ2) is 5.29. The quantitative estimate of drug-likeness (QED) is 0.880. The van der Waals surface area contributed by atoms with Gasteiger partial charge in [-0.3, -0.25) is 4.90 Å². The first kappa shape index (κ1) is 12.0. The molecule has 0 bridgehead atoms. The lowest BCUT2D eigenvalue weighted by atomic mass is 10.1. The van der Waals surface area contributed by atoms with E-state index in [1.165, 1.54) is 25.1 Å². The third-order valence-electron chi connectivity index (χ3n) is 4.12. The van der Waals surface area contributed by atoms with Gasteiger partial charge < -0.3 is 10.1 Å². The topological polar surface area (TPSA) is 24.5 Å². The summed E-state index contributed by atoms with van der Waals surface area (Å²) in [6.07, 6.45) is 1.31. The van der Waals surface area contributed by atoms with E-state index in [1.54, 1.807) is 0 Å². The van der Waals surface area contributed by atoms with Crippen LogP contribution in [0.3, 0.4) is 0 Å². The lowest BCUT2D eigenvalue weighted by molar-refractivity contribution is 0.189. The molecule has 1 aromatic carbocycles. The highest BCUT2D eigenvalue weighted by Gasteiger charge is 2.33. The zero-order valence-corrected chi connectivity index (χ0v) is 11.1. The van der Waals surface area contributed by atoms with E-state index in [0.29, 0.717) is 6.04 Å². The summed E-state index contributed by atoms with van der Waals surface area (Å²) in [5.74, 6) is 1.88. The van der Waals surface area contributed by atoms with Crippen LogP contribution in [0.2, 0.25) is 0 Å². The smallest absolute Gasteiger partial charge is 0.124 e. The highest BCUT2D eigenvalue weighted by atomic mass is 16.5. The van der Waals surface area contributed by atoms with Crippen LogP contribution in [0, 0.1) is 5.92 Å². The van der Waals surface area contributed by atoms with Crippen LogP contribution in [0.5, 0.6) is 5.75 Å². The molecule has 2 aliphatic heterocycles. The van der Waals surface area contributed by atoms with Gasteiger partial charge in [-0.15, -0.1) is 0 Å². The average Bonchev–Trinajstić information content (AvgIpc) is 3.02. The molecule has 3 nitrogen and oxygen atoms in total. The molecule has 1 saturated heterocycles. The number of hydrogen-bond donors (Lipinski definition) is 1. The Balaban J connectivity index is 1.64. The first-order valence-electron chi connectivity index (χ1n) is 7.05. The molecule has 2 atom stereocenters. The summed E-state index contributed by atoms with van der Waals surface area (Å²) in [6, 6.07) is 8.95. The van der Waals surface area contributed by atoms with Crippen molar-refractivity contribution in [3.8, 4) is 5.75 Å². The Labute approximate surface area is 109 Å². The average molecular weight is 246 g/mol. The van der Waals surface area contributed by atoms with Crippen LogP contribution in [0.1, 0.15) is 24.9 Å². The van der Waals surface area contributed by atoms with Crippen molar-refractivity contribution < 1.29 is 4.74 Å². The molecule has 3 heteroatoms. The fraction of sp³-hybridized carbons (Fsp3) is 0.600. The molecule has 1 N–H and O–H groups in total. The van der Waals surface area contributed by atoms with Crippen molar-refractivity contribution in [1.29, 1.82) is 0 Å². The van der Waals surface area contributed by atoms with E-state index in [-0.39, 0.29) is 0 Å². The van der Waals surface area contributed by atoms with E-state index in [2.05, 4.69) is 41.4 Å². The summed E-state index contributed by atoms with van der Waals surface area (Å²) in [6.45, 7) is 7.64. The number of benzene rings is 1. The molecule has 0 saturated carbocycles. The van der Waals surface area contributed by atoms with Crippen molar-refractivity contribution >= 4 is 0 Å². The molecule has 0 radical (unpaired) electrons. The predicted octanol–water partition coefficient (Wildman–Crippen LogP) is 2.05. The Bertz CT molecular complexity index is 407. The summed E-state index contributed by atoms with van der Waals surface area (Å²) in [4.78, 5) is 2.59. The van der Waals surface area contributed by atoms with E-state index in [1.807, 2.05) is 0 Å². The van der Waals surface area contributed by atoms with Crippen molar-refractivity contribution in [2.45, 2.75) is 19.4 Å². The van der Waals surface area contributed by atoms with E-state index in [9.17, 15) is 0 Å². The fourth-order valence-electron chi connectivity index (χ4n) is 3.11. The zero-order valence-electron chi connectivity index (χ0n) is 11.1. The standard InChI is InChI=1S/C15H22N2O/c1-2-16-9-12-7-8-17(10-12)14-11-18-15-6-4-3-5-13(14)15/h3-6,12,14,16H,2,7-11H2,1H3. The SMILES string of the molecule is CCNCC1CCN(C2COc3ccccc32)C1. The van der Waals surface area contributed by atoms with Crippen LogP contribution in [0.4, 0.5) is 0 Å². The van der Waals surface area contributed by atoms with Crippen LogP contribution in [-0.2, 0) is 0 Å². The fourth-order valence-corrected chi connectivity index (χ4v) is 3.11. The van der Waals surface area contributed by atoms with Crippen LogP contribution in [0.25, 0.3) is 0 Å². The minimum Gasteiger partial charge on any atom is -0.491 e. The summed E-state index contributed by atoms with van der Waals surface area (Å²) < 4.78 is 5.78. The number of fused-ring (bicyclic) bond motifs is 1. The second-order valence-corrected chi connectivity index (χ2v) is 5.32. The molecular weight excluding hydrogens is 224 g/mol. The Kier molecular flexibility index (Phi) is 3.52. The van der Waals surface area contributed by atoms with E-state index < -0.39 is 0 Å². The van der Waals surface area contributed by atoms with Crippen LogP contribution in [0.15, 0.2) is 24.3 Å². The number of nitrogens with zero attached hydrogens (tertiary/aromatic N) is 1. The predicted molar refractivity (Wildman–Crippen MR) is 72.9 cm³/mol. The van der Waals surface area contributed by atoms with E-state index in [4.69, 9.17) is 4.74 Å².